The van der Waals surface area contributed by atoms with Crippen LogP contribution in [0, 0.1) is 0 Å². The highest BCUT2D eigenvalue weighted by Gasteiger charge is 2.43. The summed E-state index contributed by atoms with van der Waals surface area (Å²) in [6.45, 7) is 0. The highest BCUT2D eigenvalue weighted by Crippen LogP contribution is 1.98. The smallest absolute Gasteiger partial charge is 0.226 e. The van der Waals surface area contributed by atoms with Crippen molar-refractivity contribution in [3.05, 3.63) is 0 Å². The molecule has 0 bridgehead atoms. The van der Waals surface area contributed by atoms with Gasteiger partial charge in [0.25, 0.3) is 0 Å². The first-order valence-electron chi connectivity index (χ1n) is 5.44. The Morgan fingerprint density at radius 1 is 0.524 bits per heavy atom. The predicted molar refractivity (Wildman–Crippen MR) is 75.8 cm³/mol. The van der Waals surface area contributed by atoms with E-state index in [0.717, 1.165) is 0 Å². The van der Waals surface area contributed by atoms with Crippen LogP contribution >= 0.6 is 0 Å². The Labute approximate surface area is 119 Å². The van der Waals surface area contributed by atoms with Gasteiger partial charge in [0.2, 0.25) is 17.8 Å². The molecule has 1 aromatic rings. The summed E-state index contributed by atoms with van der Waals surface area (Å²) in [5.74, 6) is -4.42. The van der Waals surface area contributed by atoms with E-state index in [1.807, 2.05) is 0 Å². The summed E-state index contributed by atoms with van der Waals surface area (Å²) in [6.07, 6.45) is 0. The maximum atomic E-state index is 5.42. The van der Waals surface area contributed by atoms with E-state index in [1.165, 1.54) is 0 Å². The van der Waals surface area contributed by atoms with Crippen LogP contribution in [-0.4, -0.2) is 32.7 Å². The van der Waals surface area contributed by atoms with Gasteiger partial charge in [0.15, 0.2) is 17.7 Å². The summed E-state index contributed by atoms with van der Waals surface area (Å²) in [4.78, 5) is 10.5. The summed E-state index contributed by atoms with van der Waals surface area (Å²) in [6, 6.07) is 0. The number of hydrogen-bond acceptors (Lipinski definition) is 15. The normalized spacial score (nSPS) is 22.0. The van der Waals surface area contributed by atoms with Crippen molar-refractivity contribution in [1.82, 2.24) is 30.9 Å². The minimum absolute atomic E-state index is 0.0417. The van der Waals surface area contributed by atoms with Crippen LogP contribution in [0.3, 0.4) is 0 Å². The van der Waals surface area contributed by atoms with Crippen LogP contribution in [0.1, 0.15) is 0 Å². The number of nitrogens with one attached hydrogen (secondary N) is 3. The van der Waals surface area contributed by atoms with Crippen molar-refractivity contribution in [2.75, 3.05) is 17.2 Å². The van der Waals surface area contributed by atoms with Gasteiger partial charge >= 0.3 is 0 Å². The molecule has 0 unspecified atom stereocenters. The Kier molecular flexibility index (Phi) is 4.43. The highest BCUT2D eigenvalue weighted by molar-refractivity contribution is 5.33. The van der Waals surface area contributed by atoms with Crippen LogP contribution < -0.4 is 67.6 Å². The number of nitrogens with two attached hydrogens (primary N) is 9. The molecule has 21 heavy (non-hydrogen) atoms. The molecule has 120 valence electrons. The van der Waals surface area contributed by atoms with Gasteiger partial charge in [-0.15, -0.1) is 0 Å². The molecular formula is C6H21N15. The number of nitrogen functional groups attached to an aromatic ring is 3. The first-order valence-corrected chi connectivity index (χ1v) is 5.44. The van der Waals surface area contributed by atoms with Crippen LogP contribution in [0.5, 0.6) is 0 Å². The van der Waals surface area contributed by atoms with Gasteiger partial charge in [-0.25, -0.2) is 16.0 Å². The Morgan fingerprint density at radius 2 is 0.714 bits per heavy atom. The molecule has 2 heterocycles. The molecule has 0 aliphatic carbocycles. The Bertz CT molecular complexity index is 397. The largest absolute Gasteiger partial charge is 0.368 e. The Hall–Kier alpha value is -1.95. The molecule has 15 nitrogen and oxygen atoms in total. The second-order valence-electron chi connectivity index (χ2n) is 4.39. The van der Waals surface area contributed by atoms with E-state index in [2.05, 4.69) is 30.9 Å². The lowest BCUT2D eigenvalue weighted by Gasteiger charge is -2.49. The molecule has 0 spiro atoms. The molecule has 0 atom stereocenters. The Morgan fingerprint density at radius 3 is 0.905 bits per heavy atom. The third-order valence-corrected chi connectivity index (χ3v) is 1.93. The summed E-state index contributed by atoms with van der Waals surface area (Å²) >= 11 is 0. The molecule has 1 saturated heterocycles. The van der Waals surface area contributed by atoms with Crippen LogP contribution in [0.4, 0.5) is 17.8 Å². The van der Waals surface area contributed by atoms with E-state index in [0.29, 0.717) is 0 Å². The van der Waals surface area contributed by atoms with E-state index in [9.17, 15) is 0 Å². The van der Waals surface area contributed by atoms with E-state index in [-0.39, 0.29) is 17.8 Å². The van der Waals surface area contributed by atoms with Gasteiger partial charge in [0.1, 0.15) is 0 Å². The number of anilines is 3. The highest BCUT2D eigenvalue weighted by atomic mass is 15.7. The zero-order valence-electron chi connectivity index (χ0n) is 11.0. The summed E-state index contributed by atoms with van der Waals surface area (Å²) in [5.41, 5.74) is 48.0. The number of hydrogen-bond donors (Lipinski definition) is 12. The maximum absolute atomic E-state index is 5.42. The fourth-order valence-electron chi connectivity index (χ4n) is 1.55. The predicted octanol–water partition coefficient (Wildman–Crippen LogP) is -7.03. The van der Waals surface area contributed by atoms with Crippen molar-refractivity contribution in [3.63, 3.8) is 0 Å². The summed E-state index contributed by atoms with van der Waals surface area (Å²) in [7, 11) is 0. The van der Waals surface area contributed by atoms with E-state index < -0.39 is 17.7 Å². The van der Waals surface area contributed by atoms with Crippen molar-refractivity contribution < 1.29 is 0 Å². The van der Waals surface area contributed by atoms with Crippen molar-refractivity contribution in [3.8, 4) is 0 Å². The van der Waals surface area contributed by atoms with Crippen LogP contribution in [0.15, 0.2) is 0 Å². The molecule has 2 rings (SSSR count). The molecule has 21 N–H and O–H groups in total. The number of aromatic nitrogens is 3. The summed E-state index contributed by atoms with van der Waals surface area (Å²) in [5, 5.41) is 7.25. The third-order valence-electron chi connectivity index (χ3n) is 1.93. The van der Waals surface area contributed by atoms with Gasteiger partial charge in [-0.05, 0) is 0 Å². The number of rotatable bonds is 0. The lowest BCUT2D eigenvalue weighted by molar-refractivity contribution is 0.00501. The average Bonchev–Trinajstić information content (AvgIpc) is 2.05. The molecule has 15 heteroatoms. The summed E-state index contributed by atoms with van der Waals surface area (Å²) < 4.78 is 0. The minimum Gasteiger partial charge on any atom is -0.368 e. The van der Waals surface area contributed by atoms with Crippen LogP contribution in [0.2, 0.25) is 0 Å². The van der Waals surface area contributed by atoms with Crippen LogP contribution in [0.25, 0.3) is 0 Å². The van der Waals surface area contributed by atoms with Crippen molar-refractivity contribution in [1.29, 1.82) is 0 Å². The molecule has 0 amide bonds. The van der Waals surface area contributed by atoms with Crippen LogP contribution in [-0.2, 0) is 0 Å². The molecule has 1 aliphatic rings. The number of nitrogens with zero attached hydrogens (tertiary/aromatic N) is 3. The topological polar surface area (TPSA) is 309 Å². The molecule has 0 radical (unpaired) electrons. The second kappa shape index (κ2) is 5.44. The van der Waals surface area contributed by atoms with Crippen molar-refractivity contribution in [2.24, 2.45) is 34.4 Å². The van der Waals surface area contributed by atoms with Gasteiger partial charge in [0, 0.05) is 0 Å². The van der Waals surface area contributed by atoms with E-state index in [4.69, 9.17) is 51.6 Å². The molecule has 1 fully saturated rings. The SMILES string of the molecule is NC1(N)NC(N)(N)NC(N)(N)N1.Nc1nc(N)nc(N)n1. The first-order chi connectivity index (χ1) is 9.30. The quantitative estimate of drug-likeness (QED) is 0.198. The lowest BCUT2D eigenvalue weighted by Crippen LogP contribution is -2.98. The third kappa shape index (κ3) is 5.91. The zero-order chi connectivity index (χ0) is 16.5. The van der Waals surface area contributed by atoms with Gasteiger partial charge in [-0.3, -0.25) is 34.4 Å². The fourth-order valence-corrected chi connectivity index (χ4v) is 1.55. The molecule has 1 aromatic heterocycles. The monoisotopic (exact) mass is 303 g/mol. The lowest BCUT2D eigenvalue weighted by atomic mass is 10.4. The molecule has 0 aromatic carbocycles. The van der Waals surface area contributed by atoms with Crippen molar-refractivity contribution in [2.45, 2.75) is 17.7 Å². The van der Waals surface area contributed by atoms with Crippen molar-refractivity contribution >= 4 is 17.8 Å². The molecule has 1 aliphatic heterocycles. The van der Waals surface area contributed by atoms with E-state index in [1.54, 1.807) is 0 Å². The van der Waals surface area contributed by atoms with Gasteiger partial charge in [-0.2, -0.15) is 15.0 Å². The maximum Gasteiger partial charge on any atom is 0.226 e. The molecular weight excluding hydrogens is 282 g/mol. The minimum atomic E-state index is -1.52. The standard InChI is InChI=1S/C3H15N9.C3H6N6/c4-1(5)10-2(6,7)12-3(8,9)11-1;4-1-7-2(5)9-3(6)8-1/h10-12H,4-9H2;(H6,4,5,6,7,8,9). The Balaban J connectivity index is 0.000000219. The van der Waals surface area contributed by atoms with E-state index >= 15 is 0 Å². The van der Waals surface area contributed by atoms with Gasteiger partial charge in [-0.1, -0.05) is 0 Å². The molecule has 0 saturated carbocycles. The average molecular weight is 303 g/mol. The van der Waals surface area contributed by atoms with Gasteiger partial charge in [0.05, 0.1) is 0 Å². The fraction of sp³-hybridized carbons (Fsp3) is 0.500. The zero-order valence-corrected chi connectivity index (χ0v) is 11.0. The first kappa shape index (κ1) is 17.1. The second-order valence-corrected chi connectivity index (χ2v) is 4.39. The van der Waals surface area contributed by atoms with Gasteiger partial charge < -0.3 is 17.2 Å².